The summed E-state index contributed by atoms with van der Waals surface area (Å²) in [5.41, 5.74) is 12.3. The van der Waals surface area contributed by atoms with E-state index in [1.807, 2.05) is 0 Å². The first-order valence-electron chi connectivity index (χ1n) is 8.22. The van der Waals surface area contributed by atoms with Gasteiger partial charge in [-0.1, -0.05) is 61.9 Å². The molecule has 0 aliphatic heterocycles. The summed E-state index contributed by atoms with van der Waals surface area (Å²) in [6.45, 7) is 2.22. The molecule has 3 rings (SSSR count). The number of rotatable bonds is 4. The van der Waals surface area contributed by atoms with E-state index in [1.165, 1.54) is 47.9 Å². The van der Waals surface area contributed by atoms with Crippen LogP contribution < -0.4 is 5.73 Å². The lowest BCUT2D eigenvalue weighted by Crippen LogP contribution is -2.23. The fourth-order valence-corrected chi connectivity index (χ4v) is 3.59. The zero-order chi connectivity index (χ0) is 14.7. The Bertz CT molecular complexity index is 585. The molecule has 0 spiro atoms. The van der Waals surface area contributed by atoms with Gasteiger partial charge in [0.05, 0.1) is 0 Å². The van der Waals surface area contributed by atoms with Crippen molar-refractivity contribution in [2.45, 2.75) is 51.0 Å². The minimum Gasteiger partial charge on any atom is -0.323 e. The first kappa shape index (κ1) is 14.3. The molecule has 2 atom stereocenters. The molecule has 1 aliphatic carbocycles. The molecule has 1 nitrogen and oxygen atoms in total. The molecule has 0 heterocycles. The van der Waals surface area contributed by atoms with Crippen molar-refractivity contribution in [1.82, 2.24) is 0 Å². The summed E-state index contributed by atoms with van der Waals surface area (Å²) in [7, 11) is 0. The number of fused-ring (bicyclic) bond motifs is 1. The van der Waals surface area contributed by atoms with Gasteiger partial charge in [-0.2, -0.15) is 0 Å². The van der Waals surface area contributed by atoms with E-state index >= 15 is 0 Å². The number of benzene rings is 2. The van der Waals surface area contributed by atoms with Crippen LogP contribution in [0.5, 0.6) is 0 Å². The van der Waals surface area contributed by atoms with Crippen molar-refractivity contribution in [2.75, 3.05) is 0 Å². The molecule has 0 saturated carbocycles. The average molecular weight is 279 g/mol. The third-order valence-corrected chi connectivity index (χ3v) is 4.75. The summed E-state index contributed by atoms with van der Waals surface area (Å²) in [5, 5.41) is 0. The van der Waals surface area contributed by atoms with Gasteiger partial charge in [-0.05, 0) is 47.9 Å². The van der Waals surface area contributed by atoms with Crippen LogP contribution in [0.15, 0.2) is 48.5 Å². The molecule has 0 saturated heterocycles. The number of hydrogen-bond acceptors (Lipinski definition) is 1. The Morgan fingerprint density at radius 2 is 1.86 bits per heavy atom. The fraction of sp³-hybridized carbons (Fsp3) is 0.400. The third-order valence-electron chi connectivity index (χ3n) is 4.75. The van der Waals surface area contributed by atoms with Crippen molar-refractivity contribution in [1.29, 1.82) is 0 Å². The summed E-state index contributed by atoms with van der Waals surface area (Å²) in [6.07, 6.45) is 6.01. The van der Waals surface area contributed by atoms with Crippen LogP contribution in [0.25, 0.3) is 0 Å². The van der Waals surface area contributed by atoms with E-state index in [4.69, 9.17) is 5.73 Å². The Hall–Kier alpha value is -1.60. The van der Waals surface area contributed by atoms with Crippen LogP contribution in [0.2, 0.25) is 0 Å². The minimum absolute atomic E-state index is 0.113. The smallest absolute Gasteiger partial charge is 0.0364 e. The average Bonchev–Trinajstić information content (AvgIpc) is 2.55. The predicted molar refractivity (Wildman–Crippen MR) is 89.5 cm³/mol. The Balaban J connectivity index is 1.84. The molecule has 0 aromatic heterocycles. The highest BCUT2D eigenvalue weighted by atomic mass is 14.7. The topological polar surface area (TPSA) is 26.0 Å². The second kappa shape index (κ2) is 6.44. The van der Waals surface area contributed by atoms with E-state index in [0.29, 0.717) is 5.92 Å². The van der Waals surface area contributed by atoms with E-state index in [9.17, 15) is 0 Å². The monoisotopic (exact) mass is 279 g/mol. The highest BCUT2D eigenvalue weighted by molar-refractivity contribution is 5.36. The fourth-order valence-electron chi connectivity index (χ4n) is 3.59. The summed E-state index contributed by atoms with van der Waals surface area (Å²) >= 11 is 0. The van der Waals surface area contributed by atoms with Crippen molar-refractivity contribution in [3.8, 4) is 0 Å². The van der Waals surface area contributed by atoms with E-state index < -0.39 is 0 Å². The normalized spacial score (nSPS) is 19.0. The van der Waals surface area contributed by atoms with E-state index in [0.717, 1.165) is 6.42 Å². The largest absolute Gasteiger partial charge is 0.323 e. The molecule has 0 radical (unpaired) electrons. The molecule has 0 bridgehead atoms. The van der Waals surface area contributed by atoms with Crippen LogP contribution in [0.1, 0.15) is 60.4 Å². The van der Waals surface area contributed by atoms with Crippen molar-refractivity contribution in [3.05, 3.63) is 70.8 Å². The maximum Gasteiger partial charge on any atom is 0.0364 e. The summed E-state index contributed by atoms with van der Waals surface area (Å²) in [6, 6.07) is 17.9. The van der Waals surface area contributed by atoms with Gasteiger partial charge in [-0.15, -0.1) is 0 Å². The summed E-state index contributed by atoms with van der Waals surface area (Å²) < 4.78 is 0. The van der Waals surface area contributed by atoms with Gasteiger partial charge in [0.1, 0.15) is 0 Å². The summed E-state index contributed by atoms with van der Waals surface area (Å²) in [4.78, 5) is 0. The molecule has 2 N–H and O–H groups in total. The maximum atomic E-state index is 6.61. The van der Waals surface area contributed by atoms with Crippen LogP contribution in [-0.2, 0) is 12.8 Å². The lowest BCUT2D eigenvalue weighted by molar-refractivity contribution is 0.474. The first-order chi connectivity index (χ1) is 10.3. The van der Waals surface area contributed by atoms with Crippen LogP contribution >= 0.6 is 0 Å². The predicted octanol–water partition coefficient (Wildman–Crippen LogP) is 4.76. The van der Waals surface area contributed by atoms with Crippen molar-refractivity contribution in [3.63, 3.8) is 0 Å². The van der Waals surface area contributed by atoms with Gasteiger partial charge in [-0.25, -0.2) is 0 Å². The minimum atomic E-state index is 0.113. The zero-order valence-electron chi connectivity index (χ0n) is 12.9. The first-order valence-corrected chi connectivity index (χ1v) is 8.22. The molecule has 0 fully saturated rings. The molecule has 2 unspecified atom stereocenters. The van der Waals surface area contributed by atoms with Crippen molar-refractivity contribution in [2.24, 2.45) is 5.73 Å². The number of hydrogen-bond donors (Lipinski definition) is 1. The zero-order valence-corrected chi connectivity index (χ0v) is 12.9. The lowest BCUT2D eigenvalue weighted by atomic mass is 9.77. The highest BCUT2D eigenvalue weighted by Crippen LogP contribution is 2.39. The van der Waals surface area contributed by atoms with Gasteiger partial charge in [-0.3, -0.25) is 0 Å². The Labute approximate surface area is 128 Å². The molecule has 1 heteroatoms. The van der Waals surface area contributed by atoms with Gasteiger partial charge in [0.15, 0.2) is 0 Å². The summed E-state index contributed by atoms with van der Waals surface area (Å²) in [5.74, 6) is 0.465. The molecule has 21 heavy (non-hydrogen) atoms. The number of aryl methyl sites for hydroxylation is 2. The van der Waals surface area contributed by atoms with Crippen LogP contribution in [0, 0.1) is 0 Å². The number of nitrogens with two attached hydrogens (primary N) is 1. The van der Waals surface area contributed by atoms with Gasteiger partial charge < -0.3 is 5.73 Å². The Morgan fingerprint density at radius 1 is 1.10 bits per heavy atom. The molecule has 1 aliphatic rings. The van der Waals surface area contributed by atoms with Crippen molar-refractivity contribution >= 4 is 0 Å². The standard InChI is InChI=1S/C20H25N/c1-2-6-15-11-13-17(14-12-15)20(21)19-10-5-8-16-7-3-4-9-18(16)19/h3-4,7,9,11-14,19-20H,2,5-6,8,10,21H2,1H3. The van der Waals surface area contributed by atoms with Gasteiger partial charge >= 0.3 is 0 Å². The quantitative estimate of drug-likeness (QED) is 0.858. The second-order valence-corrected chi connectivity index (χ2v) is 6.21. The lowest BCUT2D eigenvalue weighted by Gasteiger charge is -2.30. The molecule has 2 aromatic rings. The molecular formula is C20H25N. The second-order valence-electron chi connectivity index (χ2n) is 6.21. The van der Waals surface area contributed by atoms with Crippen molar-refractivity contribution < 1.29 is 0 Å². The Morgan fingerprint density at radius 3 is 2.62 bits per heavy atom. The van der Waals surface area contributed by atoms with Crippen LogP contribution in [0.4, 0.5) is 0 Å². The highest BCUT2D eigenvalue weighted by Gasteiger charge is 2.26. The molecule has 110 valence electrons. The molecule has 2 aromatic carbocycles. The molecular weight excluding hydrogens is 254 g/mol. The van der Waals surface area contributed by atoms with E-state index in [1.54, 1.807) is 0 Å². The maximum absolute atomic E-state index is 6.61. The van der Waals surface area contributed by atoms with Gasteiger partial charge in [0.25, 0.3) is 0 Å². The third kappa shape index (κ3) is 3.03. The van der Waals surface area contributed by atoms with Gasteiger partial charge in [0.2, 0.25) is 0 Å². The van der Waals surface area contributed by atoms with Crippen LogP contribution in [0.3, 0.4) is 0 Å². The molecule has 0 amide bonds. The SMILES string of the molecule is CCCc1ccc(C(N)C2CCCc3ccccc32)cc1. The van der Waals surface area contributed by atoms with Gasteiger partial charge in [0, 0.05) is 12.0 Å². The van der Waals surface area contributed by atoms with E-state index in [2.05, 4.69) is 55.5 Å². The van der Waals surface area contributed by atoms with E-state index in [-0.39, 0.29) is 6.04 Å². The van der Waals surface area contributed by atoms with Crippen LogP contribution in [-0.4, -0.2) is 0 Å². The Kier molecular flexibility index (Phi) is 4.40.